The summed E-state index contributed by atoms with van der Waals surface area (Å²) in [4.78, 5) is 21.2. The van der Waals surface area contributed by atoms with Crippen LogP contribution in [0.15, 0.2) is 24.5 Å². The third kappa shape index (κ3) is 3.32. The summed E-state index contributed by atoms with van der Waals surface area (Å²) in [6, 6.07) is 3.54. The first-order valence-corrected chi connectivity index (χ1v) is 11.5. The van der Waals surface area contributed by atoms with E-state index in [2.05, 4.69) is 14.6 Å². The van der Waals surface area contributed by atoms with Crippen molar-refractivity contribution in [1.29, 1.82) is 0 Å². The quantitative estimate of drug-likeness (QED) is 0.597. The predicted molar refractivity (Wildman–Crippen MR) is 120 cm³/mol. The van der Waals surface area contributed by atoms with Gasteiger partial charge in [-0.2, -0.15) is 5.10 Å². The first-order chi connectivity index (χ1) is 15.9. The zero-order valence-corrected chi connectivity index (χ0v) is 18.8. The number of hydrogen-bond acceptors (Lipinski definition) is 4. The molecule has 1 aromatic carbocycles. The highest BCUT2D eigenvalue weighted by Crippen LogP contribution is 2.45. The van der Waals surface area contributed by atoms with Crippen molar-refractivity contribution < 1.29 is 13.6 Å². The highest BCUT2D eigenvalue weighted by atomic mass is 19.3. The van der Waals surface area contributed by atoms with Crippen LogP contribution in [0.3, 0.4) is 0 Å². The molecular formula is C24H26F2N6O. The zero-order valence-electron chi connectivity index (χ0n) is 18.8. The Morgan fingerprint density at radius 2 is 1.97 bits per heavy atom. The smallest absolute Gasteiger partial charge is 0.264 e. The van der Waals surface area contributed by atoms with Crippen LogP contribution >= 0.6 is 0 Å². The van der Waals surface area contributed by atoms with Crippen LogP contribution in [0.2, 0.25) is 0 Å². The minimum Gasteiger partial charge on any atom is -0.338 e. The maximum Gasteiger partial charge on any atom is 0.264 e. The van der Waals surface area contributed by atoms with Gasteiger partial charge in [-0.05, 0) is 48.9 Å². The minimum absolute atomic E-state index is 0.0106. The molecule has 2 aliphatic heterocycles. The van der Waals surface area contributed by atoms with E-state index >= 15 is 0 Å². The second-order valence-electron chi connectivity index (χ2n) is 9.38. The molecule has 0 N–H and O–H groups in total. The van der Waals surface area contributed by atoms with Crippen LogP contribution in [-0.2, 0) is 31.4 Å². The molecule has 1 saturated carbocycles. The van der Waals surface area contributed by atoms with Crippen molar-refractivity contribution in [2.24, 2.45) is 7.05 Å². The Hall–Kier alpha value is -3.23. The first kappa shape index (κ1) is 20.4. The molecule has 7 nitrogen and oxygen atoms in total. The Morgan fingerprint density at radius 3 is 2.67 bits per heavy atom. The standard InChI is InChI=1S/C24H26F2N6O/c1-29-12-20-24(28-23(14-5-6-14)32(20)13-21(29)33)31-7-3-4-15-8-17(16-10-27-30(2)11-16)18(22(25)26)9-19(15)31/h8-11,14,22H,3-7,12-13H2,1-2H3. The van der Waals surface area contributed by atoms with Gasteiger partial charge in [0.15, 0.2) is 5.82 Å². The van der Waals surface area contributed by atoms with Crippen LogP contribution in [-0.4, -0.2) is 43.7 Å². The third-order valence-electron chi connectivity index (χ3n) is 7.01. The maximum atomic E-state index is 14.2. The van der Waals surface area contributed by atoms with Gasteiger partial charge in [-0.1, -0.05) is 0 Å². The van der Waals surface area contributed by atoms with Crippen LogP contribution in [0, 0.1) is 0 Å². The number of rotatable bonds is 4. The van der Waals surface area contributed by atoms with E-state index in [-0.39, 0.29) is 11.5 Å². The normalized spacial score (nSPS) is 18.2. The average Bonchev–Trinajstić information content (AvgIpc) is 3.45. The van der Waals surface area contributed by atoms with E-state index in [0.717, 1.165) is 54.3 Å². The summed E-state index contributed by atoms with van der Waals surface area (Å²) in [6.45, 7) is 1.50. The van der Waals surface area contributed by atoms with Gasteiger partial charge in [-0.3, -0.25) is 9.48 Å². The van der Waals surface area contributed by atoms with Crippen molar-refractivity contribution >= 4 is 17.4 Å². The monoisotopic (exact) mass is 452 g/mol. The highest BCUT2D eigenvalue weighted by Gasteiger charge is 2.37. The summed E-state index contributed by atoms with van der Waals surface area (Å²) >= 11 is 0. The molecule has 6 rings (SSSR count). The number of alkyl halides is 2. The largest absolute Gasteiger partial charge is 0.338 e. The molecule has 1 amide bonds. The van der Waals surface area contributed by atoms with E-state index < -0.39 is 6.43 Å². The molecule has 4 heterocycles. The molecule has 172 valence electrons. The van der Waals surface area contributed by atoms with Crippen LogP contribution in [0.5, 0.6) is 0 Å². The minimum atomic E-state index is -2.60. The number of imidazole rings is 1. The van der Waals surface area contributed by atoms with Gasteiger partial charge in [0.2, 0.25) is 5.91 Å². The van der Waals surface area contributed by atoms with Crippen LogP contribution in [0.25, 0.3) is 11.1 Å². The zero-order chi connectivity index (χ0) is 22.9. The fourth-order valence-corrected chi connectivity index (χ4v) is 5.12. The second kappa shape index (κ2) is 7.40. The van der Waals surface area contributed by atoms with Crippen molar-refractivity contribution in [2.45, 2.75) is 51.1 Å². The van der Waals surface area contributed by atoms with Crippen molar-refractivity contribution in [3.8, 4) is 11.1 Å². The van der Waals surface area contributed by atoms with Gasteiger partial charge in [-0.15, -0.1) is 0 Å². The number of aryl methyl sites for hydroxylation is 2. The average molecular weight is 453 g/mol. The molecular weight excluding hydrogens is 426 g/mol. The van der Waals surface area contributed by atoms with E-state index in [1.54, 1.807) is 42.1 Å². The van der Waals surface area contributed by atoms with Crippen molar-refractivity contribution in [3.63, 3.8) is 0 Å². The van der Waals surface area contributed by atoms with Crippen molar-refractivity contribution in [2.75, 3.05) is 18.5 Å². The number of amides is 1. The molecule has 3 aromatic rings. The number of carbonyl (C=O) groups is 1. The van der Waals surface area contributed by atoms with Gasteiger partial charge in [0.05, 0.1) is 18.4 Å². The number of nitrogens with zero attached hydrogens (tertiary/aromatic N) is 6. The molecule has 9 heteroatoms. The molecule has 2 aromatic heterocycles. The van der Waals surface area contributed by atoms with Gasteiger partial charge in [0.25, 0.3) is 6.43 Å². The number of carbonyl (C=O) groups excluding carboxylic acids is 1. The third-order valence-corrected chi connectivity index (χ3v) is 7.01. The molecule has 0 spiro atoms. The Balaban J connectivity index is 1.49. The number of aromatic nitrogens is 4. The maximum absolute atomic E-state index is 14.2. The van der Waals surface area contributed by atoms with Crippen LogP contribution in [0.1, 0.15) is 54.3 Å². The number of halogens is 2. The fraction of sp³-hybridized carbons (Fsp3) is 0.458. The summed E-state index contributed by atoms with van der Waals surface area (Å²) in [7, 11) is 3.59. The molecule has 3 aliphatic rings. The number of likely N-dealkylation sites (N-methyl/N-ethyl adjacent to an activating group) is 1. The second-order valence-corrected chi connectivity index (χ2v) is 9.38. The van der Waals surface area contributed by atoms with Gasteiger partial charge in [0, 0.05) is 49.6 Å². The van der Waals surface area contributed by atoms with E-state index in [1.807, 2.05) is 6.07 Å². The Kier molecular flexibility index (Phi) is 4.57. The Bertz CT molecular complexity index is 1260. The van der Waals surface area contributed by atoms with Crippen LogP contribution in [0.4, 0.5) is 20.3 Å². The number of benzene rings is 1. The highest BCUT2D eigenvalue weighted by molar-refractivity contribution is 5.80. The Morgan fingerprint density at radius 1 is 1.15 bits per heavy atom. The van der Waals surface area contributed by atoms with Gasteiger partial charge in [0.1, 0.15) is 12.4 Å². The summed E-state index contributed by atoms with van der Waals surface area (Å²) in [6.07, 6.45) is 4.71. The SMILES string of the molecule is CN1Cc2c(N3CCCc4cc(-c5cnn(C)c5)c(C(F)F)cc43)nc(C3CC3)n2CC1=O. The summed E-state index contributed by atoms with van der Waals surface area (Å²) in [5, 5.41) is 4.17. The van der Waals surface area contributed by atoms with Crippen LogP contribution < -0.4 is 4.90 Å². The van der Waals surface area contributed by atoms with Crippen molar-refractivity contribution in [1.82, 2.24) is 24.2 Å². The summed E-state index contributed by atoms with van der Waals surface area (Å²) in [5.41, 5.74) is 4.09. The number of hydrogen-bond donors (Lipinski definition) is 0. The number of anilines is 2. The molecule has 1 fully saturated rings. The van der Waals surface area contributed by atoms with E-state index in [4.69, 9.17) is 4.98 Å². The molecule has 0 radical (unpaired) electrons. The first-order valence-electron chi connectivity index (χ1n) is 11.5. The van der Waals surface area contributed by atoms with Gasteiger partial charge >= 0.3 is 0 Å². The lowest BCUT2D eigenvalue weighted by Gasteiger charge is -2.33. The summed E-state index contributed by atoms with van der Waals surface area (Å²) in [5.74, 6) is 2.25. The summed E-state index contributed by atoms with van der Waals surface area (Å²) < 4.78 is 32.1. The Labute approximate surface area is 190 Å². The molecule has 0 saturated heterocycles. The van der Waals surface area contributed by atoms with Gasteiger partial charge in [-0.25, -0.2) is 13.8 Å². The number of fused-ring (bicyclic) bond motifs is 2. The van der Waals surface area contributed by atoms with Gasteiger partial charge < -0.3 is 14.4 Å². The molecule has 33 heavy (non-hydrogen) atoms. The van der Waals surface area contributed by atoms with Crippen molar-refractivity contribution in [3.05, 3.63) is 47.2 Å². The molecule has 0 unspecified atom stereocenters. The lowest BCUT2D eigenvalue weighted by molar-refractivity contribution is -0.132. The fourth-order valence-electron chi connectivity index (χ4n) is 5.12. The van der Waals surface area contributed by atoms with E-state index in [9.17, 15) is 13.6 Å². The molecule has 0 bridgehead atoms. The lowest BCUT2D eigenvalue weighted by atomic mass is 9.93. The topological polar surface area (TPSA) is 59.2 Å². The molecule has 0 atom stereocenters. The van der Waals surface area contributed by atoms with E-state index in [0.29, 0.717) is 36.7 Å². The molecule has 1 aliphatic carbocycles. The van der Waals surface area contributed by atoms with E-state index in [1.165, 1.54) is 0 Å². The lowest BCUT2D eigenvalue weighted by Crippen LogP contribution is -2.37. The predicted octanol–water partition coefficient (Wildman–Crippen LogP) is 4.15.